The van der Waals surface area contributed by atoms with E-state index in [2.05, 4.69) is 15.1 Å². The largest absolute Gasteiger partial charge is 0.484 e. The number of ether oxygens (including phenoxy) is 1. The molecule has 1 aliphatic rings. The van der Waals surface area contributed by atoms with Crippen molar-refractivity contribution in [2.75, 3.05) is 19.7 Å². The van der Waals surface area contributed by atoms with Gasteiger partial charge >= 0.3 is 0 Å². The van der Waals surface area contributed by atoms with Gasteiger partial charge in [-0.2, -0.15) is 5.10 Å². The van der Waals surface area contributed by atoms with Crippen LogP contribution in [0.2, 0.25) is 0 Å². The molecule has 1 aromatic heterocycles. The van der Waals surface area contributed by atoms with Gasteiger partial charge in [-0.25, -0.2) is 0 Å². The van der Waals surface area contributed by atoms with Crippen LogP contribution in [0.5, 0.6) is 5.75 Å². The number of hydrogen-bond donors (Lipinski definition) is 3. The van der Waals surface area contributed by atoms with Gasteiger partial charge in [0.1, 0.15) is 5.75 Å². The molecule has 25 heavy (non-hydrogen) atoms. The molecule has 7 nitrogen and oxygen atoms in total. The van der Waals surface area contributed by atoms with Crippen molar-refractivity contribution >= 4 is 5.91 Å². The first-order chi connectivity index (χ1) is 12.0. The molecule has 1 aromatic carbocycles. The fraction of sp³-hybridized carbons (Fsp3) is 0.444. The number of rotatable bonds is 7. The van der Waals surface area contributed by atoms with Gasteiger partial charge in [-0.3, -0.25) is 14.8 Å². The quantitative estimate of drug-likeness (QED) is 0.683. The molecule has 2 atom stereocenters. The molecule has 2 aromatic rings. The minimum absolute atomic E-state index is 0.119. The molecule has 0 aliphatic carbocycles. The van der Waals surface area contributed by atoms with Crippen molar-refractivity contribution in [3.05, 3.63) is 47.3 Å². The zero-order chi connectivity index (χ0) is 17.8. The maximum absolute atomic E-state index is 10.7. The highest BCUT2D eigenvalue weighted by molar-refractivity contribution is 5.75. The van der Waals surface area contributed by atoms with Crippen molar-refractivity contribution in [3.63, 3.8) is 0 Å². The average molecular weight is 344 g/mol. The highest BCUT2D eigenvalue weighted by Crippen LogP contribution is 2.23. The molecule has 0 radical (unpaired) electrons. The number of carbonyl (C=O) groups is 1. The van der Waals surface area contributed by atoms with Crippen LogP contribution in [0.3, 0.4) is 0 Å². The van der Waals surface area contributed by atoms with Crippen LogP contribution in [0.25, 0.3) is 0 Å². The molecule has 3 rings (SSSR count). The summed E-state index contributed by atoms with van der Waals surface area (Å²) in [5.74, 6) is 0.324. The van der Waals surface area contributed by atoms with E-state index in [1.54, 1.807) is 0 Å². The lowest BCUT2D eigenvalue weighted by Crippen LogP contribution is -2.21. The minimum Gasteiger partial charge on any atom is -0.484 e. The Kier molecular flexibility index (Phi) is 5.35. The number of nitrogens with one attached hydrogen (secondary N) is 1. The standard InChI is InChI=1S/C18H24N4O3/c1-12-6-15(21-20-12)7-14-9-22(10-17(14)23)8-13-2-4-16(5-3-13)25-11-18(19)24/h2-6,14,17,23H,7-11H2,1H3,(H2,19,24)(H,20,21). The number of nitrogens with two attached hydrogens (primary N) is 1. The number of nitrogens with zero attached hydrogens (tertiary/aromatic N) is 2. The topological polar surface area (TPSA) is 104 Å². The normalized spacial score (nSPS) is 20.7. The molecular formula is C18H24N4O3. The van der Waals surface area contributed by atoms with E-state index in [4.69, 9.17) is 10.5 Å². The Morgan fingerprint density at radius 3 is 2.80 bits per heavy atom. The Morgan fingerprint density at radius 2 is 2.16 bits per heavy atom. The van der Waals surface area contributed by atoms with Crippen molar-refractivity contribution in [2.24, 2.45) is 11.7 Å². The number of benzene rings is 1. The van der Waals surface area contributed by atoms with E-state index in [0.29, 0.717) is 12.3 Å². The summed E-state index contributed by atoms with van der Waals surface area (Å²) in [6, 6.07) is 9.61. The lowest BCUT2D eigenvalue weighted by atomic mass is 10.0. The van der Waals surface area contributed by atoms with E-state index in [1.165, 1.54) is 0 Å². The Hall–Kier alpha value is -2.38. The molecule has 1 fully saturated rings. The van der Waals surface area contributed by atoms with Gasteiger partial charge in [0.15, 0.2) is 6.61 Å². The summed E-state index contributed by atoms with van der Waals surface area (Å²) in [4.78, 5) is 13.0. The summed E-state index contributed by atoms with van der Waals surface area (Å²) in [5, 5.41) is 17.5. The van der Waals surface area contributed by atoms with Gasteiger partial charge < -0.3 is 15.6 Å². The molecule has 1 amide bonds. The molecular weight excluding hydrogens is 320 g/mol. The van der Waals surface area contributed by atoms with Gasteiger partial charge in [-0.15, -0.1) is 0 Å². The highest BCUT2D eigenvalue weighted by Gasteiger charge is 2.31. The van der Waals surface area contributed by atoms with Crippen molar-refractivity contribution in [2.45, 2.75) is 26.0 Å². The summed E-state index contributed by atoms with van der Waals surface area (Å²) < 4.78 is 5.26. The number of hydrogen-bond acceptors (Lipinski definition) is 5. The molecule has 0 bridgehead atoms. The first-order valence-electron chi connectivity index (χ1n) is 8.41. The predicted octanol–water partition coefficient (Wildman–Crippen LogP) is 0.618. The number of β-amino-alcohol motifs (C(OH)–C–C–N with tert-alkyl or cyclic N) is 1. The Balaban J connectivity index is 1.52. The lowest BCUT2D eigenvalue weighted by molar-refractivity contribution is -0.119. The van der Waals surface area contributed by atoms with E-state index < -0.39 is 5.91 Å². The van der Waals surface area contributed by atoms with Gasteiger partial charge in [-0.1, -0.05) is 12.1 Å². The number of aliphatic hydroxyl groups excluding tert-OH is 1. The van der Waals surface area contributed by atoms with Gasteiger partial charge in [0.2, 0.25) is 0 Å². The number of primary amides is 1. The van der Waals surface area contributed by atoms with Crippen LogP contribution in [0.15, 0.2) is 30.3 Å². The van der Waals surface area contributed by atoms with Gasteiger partial charge in [0, 0.05) is 31.2 Å². The van der Waals surface area contributed by atoms with E-state index >= 15 is 0 Å². The smallest absolute Gasteiger partial charge is 0.255 e. The molecule has 4 N–H and O–H groups in total. The first kappa shape index (κ1) is 17.4. The average Bonchev–Trinajstić information content (AvgIpc) is 3.13. The second kappa shape index (κ2) is 7.67. The third kappa shape index (κ3) is 4.80. The molecule has 1 aliphatic heterocycles. The number of amides is 1. The van der Waals surface area contributed by atoms with Crippen molar-refractivity contribution in [1.82, 2.24) is 15.1 Å². The van der Waals surface area contributed by atoms with E-state index in [9.17, 15) is 9.90 Å². The van der Waals surface area contributed by atoms with Gasteiger partial charge in [0.05, 0.1) is 11.8 Å². The SMILES string of the molecule is Cc1cc(CC2CN(Cc3ccc(OCC(N)=O)cc3)CC2O)n[nH]1. The zero-order valence-electron chi connectivity index (χ0n) is 14.3. The van der Waals surface area contributed by atoms with Gasteiger partial charge in [-0.05, 0) is 37.1 Å². The van der Waals surface area contributed by atoms with Crippen molar-refractivity contribution in [1.29, 1.82) is 0 Å². The van der Waals surface area contributed by atoms with Crippen molar-refractivity contribution < 1.29 is 14.6 Å². The minimum atomic E-state index is -0.492. The maximum Gasteiger partial charge on any atom is 0.255 e. The second-order valence-corrected chi connectivity index (χ2v) is 6.67. The summed E-state index contributed by atoms with van der Waals surface area (Å²) in [6.07, 6.45) is 0.442. The molecule has 2 heterocycles. The third-order valence-electron chi connectivity index (χ3n) is 4.42. The van der Waals surface area contributed by atoms with Crippen LogP contribution < -0.4 is 10.5 Å². The Bertz CT molecular complexity index is 713. The number of aromatic nitrogens is 2. The van der Waals surface area contributed by atoms with E-state index in [0.717, 1.165) is 36.5 Å². The van der Waals surface area contributed by atoms with Gasteiger partial charge in [0.25, 0.3) is 5.91 Å². The second-order valence-electron chi connectivity index (χ2n) is 6.67. The first-order valence-corrected chi connectivity index (χ1v) is 8.41. The molecule has 2 unspecified atom stereocenters. The summed E-state index contributed by atoms with van der Waals surface area (Å²) in [7, 11) is 0. The third-order valence-corrected chi connectivity index (χ3v) is 4.42. The molecule has 7 heteroatoms. The van der Waals surface area contributed by atoms with Crippen LogP contribution in [0.4, 0.5) is 0 Å². The highest BCUT2D eigenvalue weighted by atomic mass is 16.5. The van der Waals surface area contributed by atoms with E-state index in [-0.39, 0.29) is 18.6 Å². The van der Waals surface area contributed by atoms with E-state index in [1.807, 2.05) is 37.3 Å². The number of aliphatic hydroxyl groups is 1. The van der Waals surface area contributed by atoms with Crippen LogP contribution in [0, 0.1) is 12.8 Å². The number of carbonyl (C=O) groups excluding carboxylic acids is 1. The lowest BCUT2D eigenvalue weighted by Gasteiger charge is -2.15. The summed E-state index contributed by atoms with van der Waals surface area (Å²) >= 11 is 0. The number of aromatic amines is 1. The number of H-pyrrole nitrogens is 1. The zero-order valence-corrected chi connectivity index (χ0v) is 14.3. The monoisotopic (exact) mass is 344 g/mol. The number of likely N-dealkylation sites (tertiary alicyclic amines) is 1. The fourth-order valence-electron chi connectivity index (χ4n) is 3.22. The summed E-state index contributed by atoms with van der Waals surface area (Å²) in [5.41, 5.74) is 8.23. The van der Waals surface area contributed by atoms with Crippen LogP contribution in [-0.2, 0) is 17.8 Å². The van der Waals surface area contributed by atoms with Crippen LogP contribution in [-0.4, -0.2) is 51.9 Å². The maximum atomic E-state index is 10.7. The Morgan fingerprint density at radius 1 is 1.40 bits per heavy atom. The number of aryl methyl sites for hydroxylation is 1. The molecule has 1 saturated heterocycles. The van der Waals surface area contributed by atoms with Crippen LogP contribution >= 0.6 is 0 Å². The molecule has 0 saturated carbocycles. The molecule has 134 valence electrons. The van der Waals surface area contributed by atoms with Crippen LogP contribution in [0.1, 0.15) is 17.0 Å². The predicted molar refractivity (Wildman–Crippen MR) is 92.9 cm³/mol. The Labute approximate surface area is 146 Å². The van der Waals surface area contributed by atoms with Crippen molar-refractivity contribution in [3.8, 4) is 5.75 Å². The summed E-state index contributed by atoms with van der Waals surface area (Å²) in [6.45, 7) is 4.13. The fourth-order valence-corrected chi connectivity index (χ4v) is 3.22. The molecule has 0 spiro atoms.